The normalized spacial score (nSPS) is 14.6. The molecule has 0 amide bonds. The SMILES string of the molecule is C1=CCC(c2ccccc2-c2ccccc2)(N(c2ccc(-c3ccc4c(ccc5ccccc54)c3)cc2)c2ccc(-c3cccc4c5ccccc5n(-c5ccccc5)c34)cc2)C(c2ccccc2)=C1. The molecule has 0 saturated carbocycles. The maximum absolute atomic E-state index is 2.62. The summed E-state index contributed by atoms with van der Waals surface area (Å²) in [5.41, 5.74) is 15.9. The third-order valence-corrected chi connectivity index (χ3v) is 14.5. The molecule has 1 aliphatic rings. The quantitative estimate of drug-likeness (QED) is 0.131. The fraction of sp³-hybridized carbons (Fsp3) is 0.0294. The molecule has 70 heavy (non-hydrogen) atoms. The van der Waals surface area contributed by atoms with E-state index in [1.165, 1.54) is 87.9 Å². The zero-order valence-corrected chi connectivity index (χ0v) is 38.7. The summed E-state index contributed by atoms with van der Waals surface area (Å²) in [6.45, 7) is 0. The van der Waals surface area contributed by atoms with E-state index in [4.69, 9.17) is 0 Å². The van der Waals surface area contributed by atoms with Gasteiger partial charge in [-0.15, -0.1) is 0 Å². The van der Waals surface area contributed by atoms with E-state index in [9.17, 15) is 0 Å². The number of para-hydroxylation sites is 3. The summed E-state index contributed by atoms with van der Waals surface area (Å²) in [6, 6.07) is 95.9. The van der Waals surface area contributed by atoms with Gasteiger partial charge in [0.15, 0.2) is 0 Å². The van der Waals surface area contributed by atoms with E-state index in [0.717, 1.165) is 29.0 Å². The van der Waals surface area contributed by atoms with Crippen molar-refractivity contribution in [3.63, 3.8) is 0 Å². The number of nitrogens with zero attached hydrogens (tertiary/aromatic N) is 2. The lowest BCUT2D eigenvalue weighted by atomic mass is 9.70. The van der Waals surface area contributed by atoms with E-state index in [-0.39, 0.29) is 0 Å². The molecule has 1 aromatic heterocycles. The van der Waals surface area contributed by atoms with Crippen molar-refractivity contribution in [3.05, 3.63) is 290 Å². The largest absolute Gasteiger partial charge is 0.327 e. The summed E-state index contributed by atoms with van der Waals surface area (Å²) >= 11 is 0. The van der Waals surface area contributed by atoms with E-state index in [1.54, 1.807) is 0 Å². The van der Waals surface area contributed by atoms with Crippen molar-refractivity contribution in [2.24, 2.45) is 0 Å². The topological polar surface area (TPSA) is 8.17 Å². The maximum atomic E-state index is 2.62. The van der Waals surface area contributed by atoms with Gasteiger partial charge >= 0.3 is 0 Å². The number of hydrogen-bond donors (Lipinski definition) is 0. The average molecular weight is 893 g/mol. The molecule has 1 atom stereocenters. The first-order valence-electron chi connectivity index (χ1n) is 24.3. The second-order valence-corrected chi connectivity index (χ2v) is 18.4. The highest BCUT2D eigenvalue weighted by Crippen LogP contribution is 2.54. The van der Waals surface area contributed by atoms with Gasteiger partial charge in [0.05, 0.1) is 11.0 Å². The van der Waals surface area contributed by atoms with Crippen molar-refractivity contribution in [2.45, 2.75) is 12.0 Å². The Labute approximate surface area is 409 Å². The minimum absolute atomic E-state index is 0.671. The van der Waals surface area contributed by atoms with E-state index < -0.39 is 5.54 Å². The Morgan fingerprint density at radius 3 is 1.70 bits per heavy atom. The molecule has 12 aromatic rings. The highest BCUT2D eigenvalue weighted by molar-refractivity contribution is 6.14. The third-order valence-electron chi connectivity index (χ3n) is 14.5. The van der Waals surface area contributed by atoms with Gasteiger partial charge in [0.2, 0.25) is 0 Å². The molecule has 0 aliphatic heterocycles. The van der Waals surface area contributed by atoms with Crippen LogP contribution in [-0.2, 0) is 5.54 Å². The molecule has 11 aromatic carbocycles. The van der Waals surface area contributed by atoms with E-state index in [2.05, 4.69) is 289 Å². The molecule has 1 unspecified atom stereocenters. The number of rotatable bonds is 9. The molecule has 0 fully saturated rings. The van der Waals surface area contributed by atoms with Gasteiger partial charge in [-0.25, -0.2) is 0 Å². The number of aromatic nitrogens is 1. The summed E-state index contributed by atoms with van der Waals surface area (Å²) in [5, 5.41) is 7.54. The van der Waals surface area contributed by atoms with E-state index in [0.29, 0.717) is 0 Å². The van der Waals surface area contributed by atoms with Crippen molar-refractivity contribution in [1.29, 1.82) is 0 Å². The predicted octanol–water partition coefficient (Wildman–Crippen LogP) is 18.2. The lowest BCUT2D eigenvalue weighted by Crippen LogP contribution is -2.45. The van der Waals surface area contributed by atoms with Crippen molar-refractivity contribution >= 4 is 60.3 Å². The first kappa shape index (κ1) is 41.2. The molecule has 0 bridgehead atoms. The lowest BCUT2D eigenvalue weighted by Gasteiger charge is -2.49. The van der Waals surface area contributed by atoms with Crippen LogP contribution in [0.3, 0.4) is 0 Å². The third kappa shape index (κ3) is 6.87. The Morgan fingerprint density at radius 1 is 0.371 bits per heavy atom. The van der Waals surface area contributed by atoms with Gasteiger partial charge in [0.1, 0.15) is 5.54 Å². The molecule has 2 heteroatoms. The molecule has 330 valence electrons. The van der Waals surface area contributed by atoms with Crippen LogP contribution in [0.25, 0.3) is 88.0 Å². The zero-order valence-electron chi connectivity index (χ0n) is 38.7. The van der Waals surface area contributed by atoms with Crippen LogP contribution in [0.15, 0.2) is 279 Å². The van der Waals surface area contributed by atoms with Gasteiger partial charge in [-0.1, -0.05) is 231 Å². The van der Waals surface area contributed by atoms with Gasteiger partial charge in [-0.3, -0.25) is 0 Å². The molecule has 1 heterocycles. The molecular weight excluding hydrogens is 845 g/mol. The van der Waals surface area contributed by atoms with Gasteiger partial charge in [-0.2, -0.15) is 0 Å². The van der Waals surface area contributed by atoms with Gasteiger partial charge in [0.25, 0.3) is 0 Å². The molecule has 0 spiro atoms. The number of anilines is 2. The van der Waals surface area contributed by atoms with E-state index in [1.807, 2.05) is 0 Å². The lowest BCUT2D eigenvalue weighted by molar-refractivity contribution is 0.568. The van der Waals surface area contributed by atoms with Crippen LogP contribution < -0.4 is 4.90 Å². The van der Waals surface area contributed by atoms with Crippen LogP contribution in [-0.4, -0.2) is 4.57 Å². The molecule has 0 saturated heterocycles. The monoisotopic (exact) mass is 892 g/mol. The number of fused-ring (bicyclic) bond motifs is 6. The first-order valence-corrected chi connectivity index (χ1v) is 24.3. The van der Waals surface area contributed by atoms with Gasteiger partial charge < -0.3 is 9.47 Å². The Kier molecular flexibility index (Phi) is 10.2. The highest BCUT2D eigenvalue weighted by Gasteiger charge is 2.45. The number of hydrogen-bond acceptors (Lipinski definition) is 1. The number of benzene rings is 11. The van der Waals surface area contributed by atoms with E-state index >= 15 is 0 Å². The first-order chi connectivity index (χ1) is 34.7. The molecule has 1 aliphatic carbocycles. The Balaban J connectivity index is 1.02. The summed E-state index contributed by atoms with van der Waals surface area (Å²) in [6.07, 6.45) is 7.69. The van der Waals surface area contributed by atoms with Gasteiger partial charge in [-0.05, 0) is 121 Å². The molecule has 0 radical (unpaired) electrons. The van der Waals surface area contributed by atoms with Gasteiger partial charge in [0, 0.05) is 33.4 Å². The van der Waals surface area contributed by atoms with Crippen molar-refractivity contribution in [1.82, 2.24) is 4.57 Å². The standard InChI is InChI=1S/C68H48N2/c1-4-19-49(20-5-1)60-27-12-14-32-65(60)68(46-17-16-31-64(68)52-22-6-2-7-23-52)70(56-41-36-48(37-42-56)53-40-45-59-54(47-53)35-34-50-21-10-11-26-58(50)59)57-43-38-51(39-44-57)61-29-18-30-63-62-28-13-15-33-66(62)69(67(61)63)55-24-8-3-9-25-55/h1-45,47H,46H2. The summed E-state index contributed by atoms with van der Waals surface area (Å²) in [5.74, 6) is 0. The summed E-state index contributed by atoms with van der Waals surface area (Å²) in [4.78, 5) is 2.62. The minimum atomic E-state index is -0.671. The van der Waals surface area contributed by atoms with Crippen LogP contribution in [0.1, 0.15) is 17.5 Å². The summed E-state index contributed by atoms with van der Waals surface area (Å²) in [7, 11) is 0. The van der Waals surface area contributed by atoms with Crippen LogP contribution >= 0.6 is 0 Å². The van der Waals surface area contributed by atoms with Crippen LogP contribution in [0.2, 0.25) is 0 Å². The maximum Gasteiger partial charge on any atom is 0.100 e. The molecule has 0 N–H and O–H groups in total. The Bertz CT molecular complexity index is 3940. The highest BCUT2D eigenvalue weighted by atomic mass is 15.2. The smallest absolute Gasteiger partial charge is 0.100 e. The van der Waals surface area contributed by atoms with Crippen molar-refractivity contribution < 1.29 is 0 Å². The van der Waals surface area contributed by atoms with Crippen molar-refractivity contribution in [3.8, 4) is 39.1 Å². The molecular formula is C68H48N2. The minimum Gasteiger partial charge on any atom is -0.327 e. The predicted molar refractivity (Wildman–Crippen MR) is 297 cm³/mol. The molecule has 13 rings (SSSR count). The second kappa shape index (κ2) is 17.3. The second-order valence-electron chi connectivity index (χ2n) is 18.4. The zero-order chi connectivity index (χ0) is 46.4. The Morgan fingerprint density at radius 2 is 0.929 bits per heavy atom. The van der Waals surface area contributed by atoms with Crippen LogP contribution in [0, 0.1) is 0 Å². The fourth-order valence-corrected chi connectivity index (χ4v) is 11.4. The number of allylic oxidation sites excluding steroid dienone is 2. The van der Waals surface area contributed by atoms with Crippen molar-refractivity contribution in [2.75, 3.05) is 4.90 Å². The summed E-state index contributed by atoms with van der Waals surface area (Å²) < 4.78 is 2.43. The Hall–Kier alpha value is -8.98. The van der Waals surface area contributed by atoms with Crippen LogP contribution in [0.4, 0.5) is 11.4 Å². The van der Waals surface area contributed by atoms with Crippen LogP contribution in [0.5, 0.6) is 0 Å². The average Bonchev–Trinajstić information content (AvgIpc) is 3.79. The fourth-order valence-electron chi connectivity index (χ4n) is 11.4. The molecule has 2 nitrogen and oxygen atoms in total.